The van der Waals surface area contributed by atoms with E-state index in [-0.39, 0.29) is 0 Å². The monoisotopic (exact) mass is 339 g/mol. The summed E-state index contributed by atoms with van der Waals surface area (Å²) in [5, 5.41) is 25.1. The third-order valence-electron chi connectivity index (χ3n) is 4.48. The van der Waals surface area contributed by atoms with Crippen molar-refractivity contribution in [2.75, 3.05) is 5.32 Å². The summed E-state index contributed by atoms with van der Waals surface area (Å²) in [4.78, 5) is 0. The normalized spacial score (nSPS) is 10.7. The molecule has 0 fully saturated rings. The number of anilines is 2. The Bertz CT molecular complexity index is 1040. The lowest BCUT2D eigenvalue weighted by atomic mass is 9.78. The van der Waals surface area contributed by atoms with E-state index >= 15 is 0 Å². The lowest BCUT2D eigenvalue weighted by molar-refractivity contribution is 0.426. The molecule has 26 heavy (non-hydrogen) atoms. The molecule has 3 nitrogen and oxygen atoms in total. The summed E-state index contributed by atoms with van der Waals surface area (Å²) in [6.07, 6.45) is 0. The van der Waals surface area contributed by atoms with Crippen LogP contribution in [0.3, 0.4) is 0 Å². The minimum Gasteiger partial charge on any atom is -0.423 e. The molecular formula is C22H18BNO2. The average molecular weight is 339 g/mol. The lowest BCUT2D eigenvalue weighted by Crippen LogP contribution is -2.31. The number of hydrogen-bond acceptors (Lipinski definition) is 3. The van der Waals surface area contributed by atoms with Crippen LogP contribution >= 0.6 is 0 Å². The van der Waals surface area contributed by atoms with Gasteiger partial charge >= 0.3 is 7.12 Å². The first-order valence-electron chi connectivity index (χ1n) is 8.53. The Morgan fingerprint density at radius 1 is 0.692 bits per heavy atom. The second-order valence-electron chi connectivity index (χ2n) is 6.19. The van der Waals surface area contributed by atoms with Gasteiger partial charge in [0.15, 0.2) is 0 Å². The maximum absolute atomic E-state index is 9.73. The first-order chi connectivity index (χ1) is 12.7. The standard InChI is InChI=1S/C22H18BNO2/c25-23(26)21-14-13-17(15-22(21)24-18-9-2-1-3-10-18)20-12-6-8-16-7-4-5-11-19(16)20/h1-15,24-26H. The fourth-order valence-corrected chi connectivity index (χ4v) is 3.21. The van der Waals surface area contributed by atoms with Crippen LogP contribution in [0.5, 0.6) is 0 Å². The molecule has 0 unspecified atom stereocenters. The zero-order valence-corrected chi connectivity index (χ0v) is 14.1. The Hall–Kier alpha value is -3.08. The summed E-state index contributed by atoms with van der Waals surface area (Å²) in [6, 6.07) is 29.8. The summed E-state index contributed by atoms with van der Waals surface area (Å²) in [6.45, 7) is 0. The Morgan fingerprint density at radius 3 is 2.23 bits per heavy atom. The van der Waals surface area contributed by atoms with Crippen molar-refractivity contribution in [3.8, 4) is 11.1 Å². The minimum absolute atomic E-state index is 0.442. The van der Waals surface area contributed by atoms with Crippen LogP contribution in [0.4, 0.5) is 11.4 Å². The molecule has 0 bridgehead atoms. The highest BCUT2D eigenvalue weighted by Crippen LogP contribution is 2.30. The second-order valence-corrected chi connectivity index (χ2v) is 6.19. The van der Waals surface area contributed by atoms with Crippen molar-refractivity contribution < 1.29 is 10.0 Å². The Balaban J connectivity index is 1.84. The number of rotatable bonds is 4. The SMILES string of the molecule is OB(O)c1ccc(-c2cccc3ccccc23)cc1Nc1ccccc1. The molecule has 4 aromatic carbocycles. The van der Waals surface area contributed by atoms with E-state index in [0.717, 1.165) is 22.2 Å². The van der Waals surface area contributed by atoms with Crippen LogP contribution in [-0.2, 0) is 0 Å². The molecule has 3 N–H and O–H groups in total. The zero-order chi connectivity index (χ0) is 17.9. The molecule has 0 saturated heterocycles. The lowest BCUT2D eigenvalue weighted by Gasteiger charge is -2.15. The molecule has 0 spiro atoms. The van der Waals surface area contributed by atoms with E-state index in [9.17, 15) is 10.0 Å². The second kappa shape index (κ2) is 7.04. The highest BCUT2D eigenvalue weighted by molar-refractivity contribution is 6.60. The first kappa shape index (κ1) is 16.4. The van der Waals surface area contributed by atoms with Crippen molar-refractivity contribution in [3.05, 3.63) is 91.0 Å². The van der Waals surface area contributed by atoms with Gasteiger partial charge in [-0.15, -0.1) is 0 Å². The van der Waals surface area contributed by atoms with Gasteiger partial charge in [-0.2, -0.15) is 0 Å². The fraction of sp³-hybridized carbons (Fsp3) is 0. The van der Waals surface area contributed by atoms with E-state index in [1.807, 2.05) is 60.7 Å². The van der Waals surface area contributed by atoms with Crippen molar-refractivity contribution in [2.24, 2.45) is 0 Å². The van der Waals surface area contributed by atoms with Crippen LogP contribution in [0.2, 0.25) is 0 Å². The molecule has 126 valence electrons. The summed E-state index contributed by atoms with van der Waals surface area (Å²) in [7, 11) is -1.54. The minimum atomic E-state index is -1.54. The quantitative estimate of drug-likeness (QED) is 0.494. The number of hydrogen-bond donors (Lipinski definition) is 3. The molecule has 4 aromatic rings. The van der Waals surface area contributed by atoms with Gasteiger partial charge < -0.3 is 15.4 Å². The maximum atomic E-state index is 9.73. The van der Waals surface area contributed by atoms with Crippen LogP contribution in [0.15, 0.2) is 91.0 Å². The van der Waals surface area contributed by atoms with E-state index in [1.54, 1.807) is 6.07 Å². The molecule has 0 heterocycles. The average Bonchev–Trinajstić information content (AvgIpc) is 2.68. The molecule has 0 aromatic heterocycles. The van der Waals surface area contributed by atoms with Gasteiger partial charge in [0, 0.05) is 16.8 Å². The van der Waals surface area contributed by atoms with Gasteiger partial charge in [-0.3, -0.25) is 0 Å². The van der Waals surface area contributed by atoms with E-state index < -0.39 is 7.12 Å². The molecule has 0 radical (unpaired) electrons. The van der Waals surface area contributed by atoms with E-state index in [4.69, 9.17) is 0 Å². The number of nitrogens with one attached hydrogen (secondary N) is 1. The van der Waals surface area contributed by atoms with Gasteiger partial charge in [-0.05, 0) is 40.1 Å². The predicted octanol–water partition coefficient (Wildman–Crippen LogP) is 3.93. The van der Waals surface area contributed by atoms with Gasteiger partial charge in [0.05, 0.1) is 0 Å². The van der Waals surface area contributed by atoms with Crippen molar-refractivity contribution >= 4 is 34.7 Å². The van der Waals surface area contributed by atoms with Crippen molar-refractivity contribution in [1.82, 2.24) is 0 Å². The van der Waals surface area contributed by atoms with Gasteiger partial charge in [0.1, 0.15) is 0 Å². The number of fused-ring (bicyclic) bond motifs is 1. The topological polar surface area (TPSA) is 52.5 Å². The van der Waals surface area contributed by atoms with Gasteiger partial charge in [0.25, 0.3) is 0 Å². The van der Waals surface area contributed by atoms with E-state index in [0.29, 0.717) is 11.2 Å². The van der Waals surface area contributed by atoms with Crippen LogP contribution in [-0.4, -0.2) is 17.2 Å². The summed E-state index contributed by atoms with van der Waals surface area (Å²) in [5.74, 6) is 0. The van der Waals surface area contributed by atoms with E-state index in [2.05, 4.69) is 29.6 Å². The van der Waals surface area contributed by atoms with Gasteiger partial charge in [0.2, 0.25) is 0 Å². The highest BCUT2D eigenvalue weighted by atomic mass is 16.4. The van der Waals surface area contributed by atoms with Crippen LogP contribution in [0.25, 0.3) is 21.9 Å². The fourth-order valence-electron chi connectivity index (χ4n) is 3.21. The largest absolute Gasteiger partial charge is 0.490 e. The highest BCUT2D eigenvalue weighted by Gasteiger charge is 2.17. The van der Waals surface area contributed by atoms with E-state index in [1.165, 1.54) is 5.39 Å². The van der Waals surface area contributed by atoms with Crippen LogP contribution in [0, 0.1) is 0 Å². The maximum Gasteiger partial charge on any atom is 0.490 e. The summed E-state index contributed by atoms with van der Waals surface area (Å²) < 4.78 is 0. The Kier molecular flexibility index (Phi) is 4.44. The number of para-hydroxylation sites is 1. The molecule has 0 amide bonds. The summed E-state index contributed by atoms with van der Waals surface area (Å²) >= 11 is 0. The van der Waals surface area contributed by atoms with Crippen molar-refractivity contribution in [2.45, 2.75) is 0 Å². The molecule has 0 aliphatic heterocycles. The van der Waals surface area contributed by atoms with Gasteiger partial charge in [-0.25, -0.2) is 0 Å². The predicted molar refractivity (Wildman–Crippen MR) is 109 cm³/mol. The molecular weight excluding hydrogens is 321 g/mol. The molecule has 0 atom stereocenters. The summed E-state index contributed by atoms with van der Waals surface area (Å²) in [5.41, 5.74) is 4.14. The third kappa shape index (κ3) is 3.20. The van der Waals surface area contributed by atoms with Crippen LogP contribution < -0.4 is 10.8 Å². The van der Waals surface area contributed by atoms with Crippen LogP contribution in [0.1, 0.15) is 0 Å². The molecule has 0 aliphatic carbocycles. The molecule has 4 rings (SSSR count). The Morgan fingerprint density at radius 2 is 1.42 bits per heavy atom. The number of benzene rings is 4. The third-order valence-corrected chi connectivity index (χ3v) is 4.48. The first-order valence-corrected chi connectivity index (χ1v) is 8.53. The molecule has 0 saturated carbocycles. The van der Waals surface area contributed by atoms with Gasteiger partial charge in [-0.1, -0.05) is 72.8 Å². The zero-order valence-electron chi connectivity index (χ0n) is 14.1. The van der Waals surface area contributed by atoms with Crippen molar-refractivity contribution in [1.29, 1.82) is 0 Å². The molecule has 0 aliphatic rings. The molecule has 4 heteroatoms. The van der Waals surface area contributed by atoms with Crippen molar-refractivity contribution in [3.63, 3.8) is 0 Å². The Labute approximate surface area is 152 Å². The smallest absolute Gasteiger partial charge is 0.423 e.